The zero-order chi connectivity index (χ0) is 10.9. The molecule has 0 N–H and O–H groups in total. The van der Waals surface area contributed by atoms with Crippen molar-refractivity contribution in [1.29, 1.82) is 0 Å². The highest BCUT2D eigenvalue weighted by Gasteiger charge is 2.53. The number of hydrogen-bond donors (Lipinski definition) is 0. The predicted octanol–water partition coefficient (Wildman–Crippen LogP) is 1.98. The minimum absolute atomic E-state index is 0.0840. The van der Waals surface area contributed by atoms with Crippen LogP contribution in [-0.4, -0.2) is 17.6 Å². The maximum absolute atomic E-state index is 11.8. The van der Waals surface area contributed by atoms with E-state index in [9.17, 15) is 4.79 Å². The zero-order valence-corrected chi connectivity index (χ0v) is 9.12. The standard InChI is InChI=1S/C12H15NO2/c1-3-15-11(14)12(5-6-12)10-4-7-13-8-9(10)2/h4,7-8H,3,5-6H2,1-2H3. The van der Waals surface area contributed by atoms with Crippen molar-refractivity contribution in [3.63, 3.8) is 0 Å². The molecule has 1 fully saturated rings. The lowest BCUT2D eigenvalue weighted by Crippen LogP contribution is -2.24. The highest BCUT2D eigenvalue weighted by molar-refractivity contribution is 5.87. The summed E-state index contributed by atoms with van der Waals surface area (Å²) in [5.74, 6) is -0.0840. The maximum Gasteiger partial charge on any atom is 0.316 e. The maximum atomic E-state index is 11.8. The van der Waals surface area contributed by atoms with Crippen LogP contribution in [0.4, 0.5) is 0 Å². The van der Waals surface area contributed by atoms with Crippen molar-refractivity contribution in [2.24, 2.45) is 0 Å². The van der Waals surface area contributed by atoms with Crippen LogP contribution in [0.3, 0.4) is 0 Å². The lowest BCUT2D eigenvalue weighted by atomic mass is 9.93. The van der Waals surface area contributed by atoms with E-state index in [1.807, 2.05) is 19.9 Å². The average molecular weight is 205 g/mol. The van der Waals surface area contributed by atoms with E-state index in [0.29, 0.717) is 6.61 Å². The van der Waals surface area contributed by atoms with E-state index in [-0.39, 0.29) is 11.4 Å². The summed E-state index contributed by atoms with van der Waals surface area (Å²) in [6.07, 6.45) is 5.34. The summed E-state index contributed by atoms with van der Waals surface area (Å²) in [7, 11) is 0. The van der Waals surface area contributed by atoms with E-state index in [1.54, 1.807) is 12.4 Å². The van der Waals surface area contributed by atoms with Gasteiger partial charge in [-0.3, -0.25) is 9.78 Å². The van der Waals surface area contributed by atoms with Crippen LogP contribution in [0.25, 0.3) is 0 Å². The van der Waals surface area contributed by atoms with Crippen molar-refractivity contribution in [2.45, 2.75) is 32.1 Å². The Morgan fingerprint density at radius 3 is 2.87 bits per heavy atom. The summed E-state index contributed by atoms with van der Waals surface area (Å²) >= 11 is 0. The first kappa shape index (κ1) is 10.1. The van der Waals surface area contributed by atoms with Crippen LogP contribution in [0, 0.1) is 6.92 Å². The summed E-state index contributed by atoms with van der Waals surface area (Å²) in [5.41, 5.74) is 1.79. The van der Waals surface area contributed by atoms with Gasteiger partial charge in [0.15, 0.2) is 0 Å². The van der Waals surface area contributed by atoms with Crippen molar-refractivity contribution in [3.8, 4) is 0 Å². The molecule has 0 atom stereocenters. The molecular formula is C12H15NO2. The molecule has 0 bridgehead atoms. The van der Waals surface area contributed by atoms with Crippen LogP contribution in [0.2, 0.25) is 0 Å². The molecule has 1 aromatic rings. The third kappa shape index (κ3) is 1.62. The van der Waals surface area contributed by atoms with Crippen molar-refractivity contribution >= 4 is 5.97 Å². The summed E-state index contributed by atoms with van der Waals surface area (Å²) in [5, 5.41) is 0. The molecular weight excluding hydrogens is 190 g/mol. The number of aromatic nitrogens is 1. The summed E-state index contributed by atoms with van der Waals surface area (Å²) in [6, 6.07) is 1.93. The Hall–Kier alpha value is -1.38. The Bertz CT molecular complexity index is 383. The smallest absolute Gasteiger partial charge is 0.316 e. The minimum atomic E-state index is -0.358. The van der Waals surface area contributed by atoms with E-state index in [2.05, 4.69) is 4.98 Å². The number of esters is 1. The van der Waals surface area contributed by atoms with Crippen LogP contribution in [0.15, 0.2) is 18.5 Å². The highest BCUT2D eigenvalue weighted by atomic mass is 16.5. The minimum Gasteiger partial charge on any atom is -0.465 e. The number of carbonyl (C=O) groups is 1. The zero-order valence-electron chi connectivity index (χ0n) is 9.12. The van der Waals surface area contributed by atoms with E-state index in [0.717, 1.165) is 24.0 Å². The molecule has 0 amide bonds. The number of rotatable bonds is 3. The number of hydrogen-bond acceptors (Lipinski definition) is 3. The number of carbonyl (C=O) groups excluding carboxylic acids is 1. The molecule has 0 aromatic carbocycles. The first-order valence-electron chi connectivity index (χ1n) is 5.29. The second-order valence-electron chi connectivity index (χ2n) is 3.99. The lowest BCUT2D eigenvalue weighted by Gasteiger charge is -2.15. The topological polar surface area (TPSA) is 39.2 Å². The van der Waals surface area contributed by atoms with Gasteiger partial charge in [0.05, 0.1) is 12.0 Å². The third-order valence-electron chi connectivity index (χ3n) is 2.95. The first-order valence-corrected chi connectivity index (χ1v) is 5.29. The molecule has 80 valence electrons. The van der Waals surface area contributed by atoms with E-state index < -0.39 is 0 Å². The van der Waals surface area contributed by atoms with Gasteiger partial charge in [-0.1, -0.05) is 0 Å². The van der Waals surface area contributed by atoms with Gasteiger partial charge >= 0.3 is 5.97 Å². The second kappa shape index (κ2) is 3.65. The van der Waals surface area contributed by atoms with Gasteiger partial charge in [0.2, 0.25) is 0 Å². The van der Waals surface area contributed by atoms with Crippen LogP contribution in [-0.2, 0) is 14.9 Å². The largest absolute Gasteiger partial charge is 0.465 e. The fraction of sp³-hybridized carbons (Fsp3) is 0.500. The average Bonchev–Trinajstić information content (AvgIpc) is 3.00. The molecule has 1 heterocycles. The molecule has 3 nitrogen and oxygen atoms in total. The lowest BCUT2D eigenvalue weighted by molar-refractivity contribution is -0.146. The third-order valence-corrected chi connectivity index (χ3v) is 2.95. The van der Waals surface area contributed by atoms with Gasteiger partial charge in [-0.25, -0.2) is 0 Å². The van der Waals surface area contributed by atoms with Gasteiger partial charge in [0.1, 0.15) is 0 Å². The molecule has 0 spiro atoms. The number of pyridine rings is 1. The quantitative estimate of drug-likeness (QED) is 0.708. The molecule has 2 rings (SSSR count). The Kier molecular flexibility index (Phi) is 2.47. The van der Waals surface area contributed by atoms with Crippen molar-refractivity contribution in [3.05, 3.63) is 29.6 Å². The molecule has 0 radical (unpaired) electrons. The molecule has 0 saturated heterocycles. The highest BCUT2D eigenvalue weighted by Crippen LogP contribution is 2.50. The summed E-state index contributed by atoms with van der Waals surface area (Å²) in [6.45, 7) is 4.28. The van der Waals surface area contributed by atoms with Gasteiger partial charge in [-0.05, 0) is 43.9 Å². The first-order chi connectivity index (χ1) is 7.20. The molecule has 15 heavy (non-hydrogen) atoms. The second-order valence-corrected chi connectivity index (χ2v) is 3.99. The van der Waals surface area contributed by atoms with Crippen molar-refractivity contribution in [1.82, 2.24) is 4.98 Å². The summed E-state index contributed by atoms with van der Waals surface area (Å²) < 4.78 is 5.12. The van der Waals surface area contributed by atoms with Crippen LogP contribution in [0.1, 0.15) is 30.9 Å². The summed E-state index contributed by atoms with van der Waals surface area (Å²) in [4.78, 5) is 15.9. The van der Waals surface area contributed by atoms with Gasteiger partial charge in [0, 0.05) is 12.4 Å². The van der Waals surface area contributed by atoms with Crippen molar-refractivity contribution in [2.75, 3.05) is 6.61 Å². The normalized spacial score (nSPS) is 17.2. The van der Waals surface area contributed by atoms with Gasteiger partial charge in [0.25, 0.3) is 0 Å². The molecule has 0 unspecified atom stereocenters. The van der Waals surface area contributed by atoms with Gasteiger partial charge in [-0.2, -0.15) is 0 Å². The Morgan fingerprint density at radius 1 is 1.60 bits per heavy atom. The van der Waals surface area contributed by atoms with Gasteiger partial charge < -0.3 is 4.74 Å². The molecule has 0 aliphatic heterocycles. The van der Waals surface area contributed by atoms with Crippen molar-refractivity contribution < 1.29 is 9.53 Å². The molecule has 1 aliphatic carbocycles. The Balaban J connectivity index is 2.31. The molecule has 3 heteroatoms. The van der Waals surface area contributed by atoms with E-state index in [1.165, 1.54) is 0 Å². The fourth-order valence-electron chi connectivity index (χ4n) is 1.99. The Morgan fingerprint density at radius 2 is 2.33 bits per heavy atom. The molecule has 1 aromatic heterocycles. The molecule has 1 saturated carbocycles. The number of nitrogens with zero attached hydrogens (tertiary/aromatic N) is 1. The van der Waals surface area contributed by atoms with E-state index in [4.69, 9.17) is 4.74 Å². The van der Waals surface area contributed by atoms with Crippen LogP contribution < -0.4 is 0 Å². The van der Waals surface area contributed by atoms with Gasteiger partial charge in [-0.15, -0.1) is 0 Å². The molecule has 1 aliphatic rings. The number of ether oxygens (including phenoxy) is 1. The Labute approximate surface area is 89.5 Å². The fourth-order valence-corrected chi connectivity index (χ4v) is 1.99. The predicted molar refractivity (Wildman–Crippen MR) is 56.5 cm³/mol. The van der Waals surface area contributed by atoms with Crippen LogP contribution in [0.5, 0.6) is 0 Å². The SMILES string of the molecule is CCOC(=O)C1(c2ccncc2C)CC1. The number of aryl methyl sites for hydroxylation is 1. The monoisotopic (exact) mass is 205 g/mol. The van der Waals surface area contributed by atoms with Crippen LogP contribution >= 0.6 is 0 Å². The van der Waals surface area contributed by atoms with E-state index >= 15 is 0 Å².